The van der Waals surface area contributed by atoms with Crippen molar-refractivity contribution in [3.05, 3.63) is 205 Å². The predicted molar refractivity (Wildman–Crippen MR) is 238 cm³/mol. The van der Waals surface area contributed by atoms with E-state index in [1.165, 1.54) is 69.2 Å². The number of thiophene rings is 1. The van der Waals surface area contributed by atoms with Crippen molar-refractivity contribution in [3.63, 3.8) is 0 Å². The number of aliphatic imine (C=N–C) groups is 1. The fourth-order valence-electron chi connectivity index (χ4n) is 7.76. The van der Waals surface area contributed by atoms with E-state index in [0.717, 1.165) is 22.3 Å². The smallest absolute Gasteiger partial charge is 0.127 e. The minimum absolute atomic E-state index is 0.444. The molecule has 0 aliphatic carbocycles. The van der Waals surface area contributed by atoms with Crippen molar-refractivity contribution in [2.75, 3.05) is 0 Å². The average Bonchev–Trinajstić information content (AvgIpc) is 3.65. The van der Waals surface area contributed by atoms with Gasteiger partial charge in [0.05, 0.1) is 0 Å². The standard InChI is InChI=1S/C31H20S.C20H19N3/c1-19-17-27-23-16-15-21(20-9-3-2-4-10-20)18-26(23)22-11-5-6-12-24(22)30(27)31-29(19)25-13-7-8-14-28(25)32-31;21-19(16-10-5-2-6-11-16)23-20(22)18-13-7-12-17(14-18)15-8-3-1-4-9-15/h2-18H,1H3;1-14,19H,21H2,(H2,22,23). The molecule has 4 heteroatoms. The summed E-state index contributed by atoms with van der Waals surface area (Å²) in [6.45, 7) is 2.26. The predicted octanol–water partition coefficient (Wildman–Crippen LogP) is 13.2. The van der Waals surface area contributed by atoms with Crippen LogP contribution < -0.4 is 11.5 Å². The Kier molecular flexibility index (Phi) is 9.13. The molecule has 1 heterocycles. The summed E-state index contributed by atoms with van der Waals surface area (Å²) in [6.07, 6.45) is -0.461. The SMILES string of the molecule is Cc1cc2c3ccc(-c4ccccc4)cc3c3ccccc3c2c2sc3ccccc3c12.N/C(=N\C(N)c1ccccc1)c1cccc(-c2ccccc2)c1. The molecule has 1 aromatic heterocycles. The van der Waals surface area contributed by atoms with E-state index in [-0.39, 0.29) is 0 Å². The third kappa shape index (κ3) is 6.52. The Balaban J connectivity index is 0.000000153. The van der Waals surface area contributed by atoms with Gasteiger partial charge in [-0.15, -0.1) is 11.3 Å². The Bertz CT molecular complexity index is 3000. The second kappa shape index (κ2) is 14.7. The van der Waals surface area contributed by atoms with Crippen LogP contribution in [0.15, 0.2) is 193 Å². The molecule has 4 N–H and O–H groups in total. The first-order chi connectivity index (χ1) is 27.0. The number of hydrogen-bond acceptors (Lipinski definition) is 3. The summed E-state index contributed by atoms with van der Waals surface area (Å²) in [4.78, 5) is 4.42. The number of fused-ring (bicyclic) bond motifs is 10. The summed E-state index contributed by atoms with van der Waals surface area (Å²) < 4.78 is 2.77. The fourth-order valence-corrected chi connectivity index (χ4v) is 9.10. The molecule has 0 radical (unpaired) electrons. The minimum Gasteiger partial charge on any atom is -0.383 e. The molecule has 0 saturated heterocycles. The Morgan fingerprint density at radius 1 is 0.473 bits per heavy atom. The third-order valence-electron chi connectivity index (χ3n) is 10.4. The van der Waals surface area contributed by atoms with Gasteiger partial charge in [0.2, 0.25) is 0 Å². The van der Waals surface area contributed by atoms with Gasteiger partial charge < -0.3 is 11.5 Å². The van der Waals surface area contributed by atoms with Gasteiger partial charge in [-0.25, -0.2) is 4.99 Å². The molecular formula is C51H39N3S. The van der Waals surface area contributed by atoms with Crippen molar-refractivity contribution >= 4 is 69.7 Å². The summed E-state index contributed by atoms with van der Waals surface area (Å²) in [5, 5.41) is 10.9. The first-order valence-electron chi connectivity index (χ1n) is 18.6. The van der Waals surface area contributed by atoms with Crippen LogP contribution in [0, 0.1) is 6.92 Å². The first kappa shape index (κ1) is 34.2. The van der Waals surface area contributed by atoms with Gasteiger partial charge in [0.25, 0.3) is 0 Å². The molecule has 1 atom stereocenters. The zero-order chi connectivity index (χ0) is 37.3. The molecule has 0 aliphatic heterocycles. The topological polar surface area (TPSA) is 64.4 Å². The molecule has 0 bridgehead atoms. The zero-order valence-electron chi connectivity index (χ0n) is 30.5. The number of rotatable bonds is 5. The minimum atomic E-state index is -0.461. The molecule has 0 amide bonds. The largest absolute Gasteiger partial charge is 0.383 e. The monoisotopic (exact) mass is 725 g/mol. The van der Waals surface area contributed by atoms with Crippen LogP contribution in [-0.4, -0.2) is 5.84 Å². The molecule has 0 spiro atoms. The summed E-state index contributed by atoms with van der Waals surface area (Å²) in [5.74, 6) is 0.444. The van der Waals surface area contributed by atoms with Gasteiger partial charge >= 0.3 is 0 Å². The highest BCUT2D eigenvalue weighted by Crippen LogP contribution is 2.46. The van der Waals surface area contributed by atoms with Gasteiger partial charge in [-0.2, -0.15) is 0 Å². The highest BCUT2D eigenvalue weighted by atomic mass is 32.1. The Hall–Kier alpha value is -6.59. The van der Waals surface area contributed by atoms with Crippen molar-refractivity contribution in [2.24, 2.45) is 16.5 Å². The molecule has 9 aromatic carbocycles. The molecule has 0 aliphatic rings. The van der Waals surface area contributed by atoms with E-state index < -0.39 is 6.17 Å². The van der Waals surface area contributed by atoms with Crippen LogP contribution in [0.3, 0.4) is 0 Å². The number of aryl methyl sites for hydroxylation is 1. The zero-order valence-corrected chi connectivity index (χ0v) is 31.3. The molecule has 1 unspecified atom stereocenters. The van der Waals surface area contributed by atoms with E-state index in [1.54, 1.807) is 0 Å². The lowest BCUT2D eigenvalue weighted by Gasteiger charge is -2.14. The van der Waals surface area contributed by atoms with Crippen LogP contribution in [0.5, 0.6) is 0 Å². The molecule has 3 nitrogen and oxygen atoms in total. The second-order valence-electron chi connectivity index (χ2n) is 13.9. The molecule has 0 fully saturated rings. The summed E-state index contributed by atoms with van der Waals surface area (Å²) in [5.41, 5.74) is 20.2. The van der Waals surface area contributed by atoms with Crippen LogP contribution in [0.4, 0.5) is 0 Å². The lowest BCUT2D eigenvalue weighted by Crippen LogP contribution is -2.18. The van der Waals surface area contributed by atoms with E-state index in [9.17, 15) is 0 Å². The van der Waals surface area contributed by atoms with Gasteiger partial charge in [0.1, 0.15) is 12.0 Å². The number of nitrogens with two attached hydrogens (primary N) is 2. The van der Waals surface area contributed by atoms with E-state index in [2.05, 4.69) is 133 Å². The highest BCUT2D eigenvalue weighted by Gasteiger charge is 2.17. The Morgan fingerprint density at radius 2 is 1.04 bits per heavy atom. The van der Waals surface area contributed by atoms with Gasteiger partial charge in [-0.1, -0.05) is 170 Å². The van der Waals surface area contributed by atoms with Crippen LogP contribution in [0.1, 0.15) is 22.9 Å². The maximum atomic E-state index is 6.15. The Labute approximate surface area is 324 Å². The quantitative estimate of drug-likeness (QED) is 0.105. The van der Waals surface area contributed by atoms with Gasteiger partial charge in [0, 0.05) is 31.1 Å². The molecule has 55 heavy (non-hydrogen) atoms. The maximum Gasteiger partial charge on any atom is 0.127 e. The maximum absolute atomic E-state index is 6.15. The number of benzene rings is 9. The van der Waals surface area contributed by atoms with Crippen LogP contribution >= 0.6 is 11.3 Å². The summed E-state index contributed by atoms with van der Waals surface area (Å²) in [7, 11) is 0. The fraction of sp³-hybridized carbons (Fsp3) is 0.0392. The lowest BCUT2D eigenvalue weighted by molar-refractivity contribution is 0.775. The van der Waals surface area contributed by atoms with Crippen molar-refractivity contribution in [1.82, 2.24) is 0 Å². The molecule has 0 saturated carbocycles. The summed E-state index contributed by atoms with van der Waals surface area (Å²) in [6, 6.07) is 65.7. The molecule has 10 aromatic rings. The van der Waals surface area contributed by atoms with Gasteiger partial charge in [0.15, 0.2) is 0 Å². The van der Waals surface area contributed by atoms with Crippen LogP contribution in [0.2, 0.25) is 0 Å². The first-order valence-corrected chi connectivity index (χ1v) is 19.4. The van der Waals surface area contributed by atoms with Crippen LogP contribution in [0.25, 0.3) is 74.7 Å². The lowest BCUT2D eigenvalue weighted by atomic mass is 9.90. The van der Waals surface area contributed by atoms with Crippen molar-refractivity contribution in [1.29, 1.82) is 0 Å². The van der Waals surface area contributed by atoms with Crippen molar-refractivity contribution < 1.29 is 0 Å². The van der Waals surface area contributed by atoms with E-state index >= 15 is 0 Å². The number of nitrogens with zero attached hydrogens (tertiary/aromatic N) is 1. The van der Waals surface area contributed by atoms with E-state index in [1.807, 2.05) is 78.1 Å². The number of hydrogen-bond donors (Lipinski definition) is 2. The number of amidine groups is 1. The van der Waals surface area contributed by atoms with Crippen LogP contribution in [-0.2, 0) is 0 Å². The van der Waals surface area contributed by atoms with Gasteiger partial charge in [-0.05, 0) is 85.4 Å². The Morgan fingerprint density at radius 3 is 1.75 bits per heavy atom. The van der Waals surface area contributed by atoms with Crippen molar-refractivity contribution in [2.45, 2.75) is 13.1 Å². The third-order valence-corrected chi connectivity index (χ3v) is 11.6. The van der Waals surface area contributed by atoms with E-state index in [4.69, 9.17) is 11.5 Å². The van der Waals surface area contributed by atoms with Crippen molar-refractivity contribution in [3.8, 4) is 22.3 Å². The van der Waals surface area contributed by atoms with Gasteiger partial charge in [-0.3, -0.25) is 0 Å². The second-order valence-corrected chi connectivity index (χ2v) is 15.0. The highest BCUT2D eigenvalue weighted by molar-refractivity contribution is 7.26. The summed E-state index contributed by atoms with van der Waals surface area (Å²) >= 11 is 1.93. The molecule has 10 rings (SSSR count). The normalized spacial score (nSPS) is 12.3. The average molecular weight is 726 g/mol. The van der Waals surface area contributed by atoms with E-state index in [0.29, 0.717) is 5.84 Å². The molecule has 264 valence electrons. The molecular weight excluding hydrogens is 687 g/mol.